The number of methoxy groups -OCH3 is 2. The Bertz CT molecular complexity index is 512. The van der Waals surface area contributed by atoms with E-state index in [4.69, 9.17) is 9.47 Å². The highest BCUT2D eigenvalue weighted by molar-refractivity contribution is 5.38. The van der Waals surface area contributed by atoms with E-state index in [1.165, 1.54) is 11.3 Å². The number of benzene rings is 1. The SMILES string of the molecule is CCc1cc(CCc2cc(OC)cc(OC)c2)[nH]n1. The molecule has 0 amide bonds. The molecule has 0 atom stereocenters. The van der Waals surface area contributed by atoms with E-state index in [1.54, 1.807) is 14.2 Å². The second kappa shape index (κ2) is 6.27. The van der Waals surface area contributed by atoms with Gasteiger partial charge in [-0.2, -0.15) is 5.10 Å². The van der Waals surface area contributed by atoms with Crippen LogP contribution in [0, 0.1) is 0 Å². The summed E-state index contributed by atoms with van der Waals surface area (Å²) in [5, 5.41) is 7.31. The Balaban J connectivity index is 2.05. The van der Waals surface area contributed by atoms with Crippen LogP contribution in [0.2, 0.25) is 0 Å². The van der Waals surface area contributed by atoms with E-state index in [9.17, 15) is 0 Å². The molecule has 2 aromatic rings. The molecule has 0 aliphatic carbocycles. The first kappa shape index (κ1) is 13.5. The number of aryl methyl sites for hydroxylation is 3. The Kier molecular flexibility index (Phi) is 4.44. The van der Waals surface area contributed by atoms with Crippen molar-refractivity contribution in [2.45, 2.75) is 26.2 Å². The zero-order chi connectivity index (χ0) is 13.7. The van der Waals surface area contributed by atoms with Crippen LogP contribution in [0.25, 0.3) is 0 Å². The van der Waals surface area contributed by atoms with Gasteiger partial charge in [0.1, 0.15) is 11.5 Å². The Morgan fingerprint density at radius 1 is 1.00 bits per heavy atom. The number of ether oxygens (including phenoxy) is 2. The van der Waals surface area contributed by atoms with E-state index in [1.807, 2.05) is 18.2 Å². The number of aromatic nitrogens is 2. The monoisotopic (exact) mass is 260 g/mol. The maximum absolute atomic E-state index is 5.27. The van der Waals surface area contributed by atoms with Crippen molar-refractivity contribution in [3.8, 4) is 11.5 Å². The zero-order valence-electron chi connectivity index (χ0n) is 11.7. The highest BCUT2D eigenvalue weighted by Crippen LogP contribution is 2.23. The van der Waals surface area contributed by atoms with Crippen LogP contribution in [-0.4, -0.2) is 24.4 Å². The van der Waals surface area contributed by atoms with Gasteiger partial charge in [-0.25, -0.2) is 0 Å². The molecule has 2 rings (SSSR count). The van der Waals surface area contributed by atoms with Crippen LogP contribution in [0.15, 0.2) is 24.3 Å². The van der Waals surface area contributed by atoms with E-state index in [0.29, 0.717) is 0 Å². The lowest BCUT2D eigenvalue weighted by molar-refractivity contribution is 0.393. The number of nitrogens with zero attached hydrogens (tertiary/aromatic N) is 1. The molecule has 0 saturated carbocycles. The molecule has 1 heterocycles. The van der Waals surface area contributed by atoms with E-state index >= 15 is 0 Å². The molecule has 1 aromatic heterocycles. The molecule has 4 nitrogen and oxygen atoms in total. The number of hydrogen-bond acceptors (Lipinski definition) is 3. The molecule has 1 aromatic carbocycles. The normalized spacial score (nSPS) is 10.5. The summed E-state index contributed by atoms with van der Waals surface area (Å²) in [5.74, 6) is 1.65. The van der Waals surface area contributed by atoms with E-state index in [2.05, 4.69) is 23.2 Å². The fourth-order valence-electron chi connectivity index (χ4n) is 2.01. The van der Waals surface area contributed by atoms with Gasteiger partial charge in [-0.15, -0.1) is 0 Å². The molecule has 0 bridgehead atoms. The van der Waals surface area contributed by atoms with Gasteiger partial charge >= 0.3 is 0 Å². The maximum atomic E-state index is 5.27. The topological polar surface area (TPSA) is 47.1 Å². The summed E-state index contributed by atoms with van der Waals surface area (Å²) in [6.45, 7) is 2.10. The predicted molar refractivity (Wildman–Crippen MR) is 74.9 cm³/mol. The zero-order valence-corrected chi connectivity index (χ0v) is 11.7. The molecular weight excluding hydrogens is 240 g/mol. The first-order chi connectivity index (χ1) is 9.25. The van der Waals surface area contributed by atoms with Crippen molar-refractivity contribution in [2.24, 2.45) is 0 Å². The molecule has 0 saturated heterocycles. The minimum atomic E-state index is 0.827. The van der Waals surface area contributed by atoms with Crippen molar-refractivity contribution in [3.63, 3.8) is 0 Å². The molecule has 0 aliphatic rings. The van der Waals surface area contributed by atoms with Crippen molar-refractivity contribution in [3.05, 3.63) is 41.2 Å². The molecule has 0 fully saturated rings. The molecule has 0 radical (unpaired) electrons. The predicted octanol–water partition coefficient (Wildman–Crippen LogP) is 2.77. The van der Waals surface area contributed by atoms with Crippen LogP contribution in [0.1, 0.15) is 23.9 Å². The average Bonchev–Trinajstić information content (AvgIpc) is 2.92. The second-order valence-corrected chi connectivity index (χ2v) is 4.46. The lowest BCUT2D eigenvalue weighted by Crippen LogP contribution is -1.95. The maximum Gasteiger partial charge on any atom is 0.122 e. The largest absolute Gasteiger partial charge is 0.497 e. The Labute approximate surface area is 113 Å². The third kappa shape index (κ3) is 3.50. The standard InChI is InChI=1S/C15H20N2O2/c1-4-12-9-13(17-16-12)6-5-11-7-14(18-2)10-15(8-11)19-3/h7-10H,4-6H2,1-3H3,(H,16,17). The summed E-state index contributed by atoms with van der Waals surface area (Å²) in [5.41, 5.74) is 3.47. The molecule has 1 N–H and O–H groups in total. The highest BCUT2D eigenvalue weighted by atomic mass is 16.5. The van der Waals surface area contributed by atoms with Gasteiger partial charge in [0, 0.05) is 11.8 Å². The smallest absolute Gasteiger partial charge is 0.122 e. The van der Waals surface area contributed by atoms with Crippen LogP contribution < -0.4 is 9.47 Å². The Morgan fingerprint density at radius 2 is 1.68 bits per heavy atom. The fraction of sp³-hybridized carbons (Fsp3) is 0.400. The van der Waals surface area contributed by atoms with Gasteiger partial charge in [0.25, 0.3) is 0 Å². The molecule has 19 heavy (non-hydrogen) atoms. The number of H-pyrrole nitrogens is 1. The number of rotatable bonds is 6. The Morgan fingerprint density at radius 3 is 2.21 bits per heavy atom. The quantitative estimate of drug-likeness (QED) is 0.868. The molecule has 0 unspecified atom stereocenters. The van der Waals surface area contributed by atoms with Crippen LogP contribution >= 0.6 is 0 Å². The van der Waals surface area contributed by atoms with Gasteiger partial charge in [-0.1, -0.05) is 6.92 Å². The fourth-order valence-corrected chi connectivity index (χ4v) is 2.01. The molecule has 0 aliphatic heterocycles. The average molecular weight is 260 g/mol. The second-order valence-electron chi connectivity index (χ2n) is 4.46. The number of aromatic amines is 1. The summed E-state index contributed by atoms with van der Waals surface area (Å²) in [6, 6.07) is 8.09. The minimum Gasteiger partial charge on any atom is -0.497 e. The van der Waals surface area contributed by atoms with E-state index in [-0.39, 0.29) is 0 Å². The minimum absolute atomic E-state index is 0.827. The van der Waals surface area contributed by atoms with Crippen LogP contribution in [0.5, 0.6) is 11.5 Å². The van der Waals surface area contributed by atoms with E-state index in [0.717, 1.165) is 36.5 Å². The van der Waals surface area contributed by atoms with Crippen LogP contribution in [0.4, 0.5) is 0 Å². The number of hydrogen-bond donors (Lipinski definition) is 1. The van der Waals surface area contributed by atoms with Crippen molar-refractivity contribution in [2.75, 3.05) is 14.2 Å². The lowest BCUT2D eigenvalue weighted by atomic mass is 10.1. The van der Waals surface area contributed by atoms with Gasteiger partial charge in [-0.3, -0.25) is 5.10 Å². The third-order valence-corrected chi connectivity index (χ3v) is 3.14. The van der Waals surface area contributed by atoms with Crippen molar-refractivity contribution in [1.82, 2.24) is 10.2 Å². The van der Waals surface area contributed by atoms with Gasteiger partial charge in [-0.05, 0) is 43.0 Å². The summed E-state index contributed by atoms with van der Waals surface area (Å²) < 4.78 is 10.5. The van der Waals surface area contributed by atoms with Crippen molar-refractivity contribution >= 4 is 0 Å². The molecule has 102 valence electrons. The van der Waals surface area contributed by atoms with Crippen LogP contribution in [0.3, 0.4) is 0 Å². The highest BCUT2D eigenvalue weighted by Gasteiger charge is 2.04. The molecule has 0 spiro atoms. The summed E-state index contributed by atoms with van der Waals surface area (Å²) in [4.78, 5) is 0. The van der Waals surface area contributed by atoms with Crippen molar-refractivity contribution in [1.29, 1.82) is 0 Å². The molecular formula is C15H20N2O2. The van der Waals surface area contributed by atoms with Gasteiger partial charge in [0.2, 0.25) is 0 Å². The van der Waals surface area contributed by atoms with E-state index < -0.39 is 0 Å². The van der Waals surface area contributed by atoms with Gasteiger partial charge in [0.05, 0.1) is 19.9 Å². The molecule has 4 heteroatoms. The van der Waals surface area contributed by atoms with Gasteiger partial charge in [0.15, 0.2) is 0 Å². The van der Waals surface area contributed by atoms with Gasteiger partial charge < -0.3 is 9.47 Å². The number of nitrogens with one attached hydrogen (secondary N) is 1. The lowest BCUT2D eigenvalue weighted by Gasteiger charge is -2.07. The van der Waals surface area contributed by atoms with Crippen LogP contribution in [-0.2, 0) is 19.3 Å². The summed E-state index contributed by atoms with van der Waals surface area (Å²) in [6.07, 6.45) is 2.83. The van der Waals surface area contributed by atoms with Crippen molar-refractivity contribution < 1.29 is 9.47 Å². The summed E-state index contributed by atoms with van der Waals surface area (Å²) in [7, 11) is 3.34. The Hall–Kier alpha value is -1.97. The first-order valence-electron chi connectivity index (χ1n) is 6.50. The summed E-state index contributed by atoms with van der Waals surface area (Å²) >= 11 is 0. The third-order valence-electron chi connectivity index (χ3n) is 3.14. The first-order valence-corrected chi connectivity index (χ1v) is 6.50.